The van der Waals surface area contributed by atoms with Crippen molar-refractivity contribution in [3.05, 3.63) is 90.6 Å². The Morgan fingerprint density at radius 3 is 2.42 bits per heavy atom. The van der Waals surface area contributed by atoms with E-state index in [1.165, 1.54) is 0 Å². The lowest BCUT2D eigenvalue weighted by Gasteiger charge is -2.09. The van der Waals surface area contributed by atoms with Crippen molar-refractivity contribution in [3.63, 3.8) is 0 Å². The molecule has 0 aliphatic rings. The molecule has 0 radical (unpaired) electrons. The zero-order valence-electron chi connectivity index (χ0n) is 16.9. The summed E-state index contributed by atoms with van der Waals surface area (Å²) >= 11 is 0. The number of aromatic amines is 2. The monoisotopic (exact) mass is 407 g/mol. The lowest BCUT2D eigenvalue weighted by Crippen LogP contribution is -2.19. The van der Waals surface area contributed by atoms with Gasteiger partial charge in [-0.3, -0.25) is 5.10 Å². The highest BCUT2D eigenvalue weighted by Crippen LogP contribution is 2.29. The minimum absolute atomic E-state index is 0.269. The summed E-state index contributed by atoms with van der Waals surface area (Å²) in [7, 11) is 0. The van der Waals surface area contributed by atoms with Gasteiger partial charge in [-0.2, -0.15) is 5.10 Å². The first kappa shape index (κ1) is 18.7. The number of aromatic nitrogens is 3. The fraction of sp³-hybridized carbons (Fsp3) is 0.0400. The molecule has 0 fully saturated rings. The average Bonchev–Trinajstić information content (AvgIpc) is 3.43. The Labute approximate surface area is 179 Å². The number of carbonyl (C=O) groups excluding carboxylic acids is 1. The normalized spacial score (nSPS) is 10.9. The second-order valence-corrected chi connectivity index (χ2v) is 7.44. The van der Waals surface area contributed by atoms with Crippen LogP contribution in [0, 0.1) is 6.92 Å². The molecular weight excluding hydrogens is 386 g/mol. The first-order valence-electron chi connectivity index (χ1n) is 10.0. The van der Waals surface area contributed by atoms with Crippen molar-refractivity contribution >= 4 is 28.3 Å². The van der Waals surface area contributed by atoms with Gasteiger partial charge in [0.1, 0.15) is 5.69 Å². The Bertz CT molecular complexity index is 1350. The molecule has 2 amide bonds. The number of rotatable bonds is 4. The Hall–Kier alpha value is -4.32. The van der Waals surface area contributed by atoms with Crippen molar-refractivity contribution in [1.29, 1.82) is 0 Å². The van der Waals surface area contributed by atoms with Gasteiger partial charge in [-0.1, -0.05) is 30.3 Å². The van der Waals surface area contributed by atoms with E-state index in [2.05, 4.69) is 44.0 Å². The summed E-state index contributed by atoms with van der Waals surface area (Å²) in [4.78, 5) is 15.5. The summed E-state index contributed by atoms with van der Waals surface area (Å²) in [6, 6.07) is 25.4. The van der Waals surface area contributed by atoms with Crippen LogP contribution in [0.5, 0.6) is 0 Å². The van der Waals surface area contributed by atoms with Crippen molar-refractivity contribution in [3.8, 4) is 22.5 Å². The number of nitrogens with one attached hydrogen (secondary N) is 4. The van der Waals surface area contributed by atoms with Crippen LogP contribution in [0.1, 0.15) is 5.56 Å². The van der Waals surface area contributed by atoms with Crippen molar-refractivity contribution in [2.24, 2.45) is 0 Å². The number of benzene rings is 3. The number of nitrogens with zero attached hydrogens (tertiary/aromatic N) is 1. The molecular formula is C25H21N5O. The smallest absolute Gasteiger partial charge is 0.323 e. The van der Waals surface area contributed by atoms with Gasteiger partial charge < -0.3 is 15.6 Å². The van der Waals surface area contributed by atoms with Crippen LogP contribution in [0.25, 0.3) is 33.4 Å². The number of fused-ring (bicyclic) bond motifs is 1. The van der Waals surface area contributed by atoms with Crippen LogP contribution in [0.2, 0.25) is 0 Å². The third-order valence-corrected chi connectivity index (χ3v) is 5.17. The highest BCUT2D eigenvalue weighted by molar-refractivity contribution is 6.00. The molecule has 31 heavy (non-hydrogen) atoms. The fourth-order valence-electron chi connectivity index (χ4n) is 3.64. The third kappa shape index (κ3) is 3.91. The van der Waals surface area contributed by atoms with E-state index >= 15 is 0 Å². The van der Waals surface area contributed by atoms with E-state index in [4.69, 9.17) is 0 Å². The Morgan fingerprint density at radius 1 is 0.839 bits per heavy atom. The number of urea groups is 1. The summed E-state index contributed by atoms with van der Waals surface area (Å²) < 4.78 is 0. The van der Waals surface area contributed by atoms with E-state index in [0.29, 0.717) is 0 Å². The lowest BCUT2D eigenvalue weighted by molar-refractivity contribution is 0.262. The molecule has 0 unspecified atom stereocenters. The number of H-pyrrole nitrogens is 2. The summed E-state index contributed by atoms with van der Waals surface area (Å²) in [5, 5.41) is 14.3. The minimum atomic E-state index is -0.269. The molecule has 0 spiro atoms. The van der Waals surface area contributed by atoms with Crippen LogP contribution in [-0.4, -0.2) is 21.2 Å². The van der Waals surface area contributed by atoms with Gasteiger partial charge in [0.2, 0.25) is 0 Å². The molecule has 6 heteroatoms. The third-order valence-electron chi connectivity index (χ3n) is 5.17. The molecule has 6 nitrogen and oxygen atoms in total. The van der Waals surface area contributed by atoms with Crippen LogP contribution in [-0.2, 0) is 0 Å². The van der Waals surface area contributed by atoms with Gasteiger partial charge >= 0.3 is 6.03 Å². The SMILES string of the molecule is Cc1cccc(NC(=O)Nc2ccc(-c3ccc4c(-c5ccc[nH]5)n[nH]c4c3)cc2)c1. The molecule has 3 aromatic carbocycles. The van der Waals surface area contributed by atoms with Gasteiger partial charge in [0.15, 0.2) is 0 Å². The van der Waals surface area contributed by atoms with E-state index < -0.39 is 0 Å². The van der Waals surface area contributed by atoms with Gasteiger partial charge in [0, 0.05) is 23.0 Å². The molecule has 4 N–H and O–H groups in total. The topological polar surface area (TPSA) is 85.6 Å². The molecule has 2 heterocycles. The Morgan fingerprint density at radius 2 is 1.65 bits per heavy atom. The number of amides is 2. The van der Waals surface area contributed by atoms with E-state index in [9.17, 15) is 4.79 Å². The van der Waals surface area contributed by atoms with Crippen LogP contribution < -0.4 is 10.6 Å². The lowest BCUT2D eigenvalue weighted by atomic mass is 10.0. The highest BCUT2D eigenvalue weighted by Gasteiger charge is 2.10. The summed E-state index contributed by atoms with van der Waals surface area (Å²) in [6.45, 7) is 1.99. The molecule has 0 atom stereocenters. The predicted molar refractivity (Wildman–Crippen MR) is 125 cm³/mol. The van der Waals surface area contributed by atoms with Gasteiger partial charge in [-0.05, 0) is 72.1 Å². The Balaban J connectivity index is 1.31. The first-order chi connectivity index (χ1) is 15.2. The van der Waals surface area contributed by atoms with E-state index in [1.54, 1.807) is 0 Å². The predicted octanol–water partition coefficient (Wildman–Crippen LogP) is 6.18. The molecule has 5 aromatic rings. The maximum absolute atomic E-state index is 12.3. The summed E-state index contributed by atoms with van der Waals surface area (Å²) in [5.74, 6) is 0. The number of anilines is 2. The van der Waals surface area contributed by atoms with Crippen molar-refractivity contribution in [1.82, 2.24) is 15.2 Å². The molecule has 5 rings (SSSR count). The van der Waals surface area contributed by atoms with Crippen molar-refractivity contribution in [2.45, 2.75) is 6.92 Å². The fourth-order valence-corrected chi connectivity index (χ4v) is 3.64. The quantitative estimate of drug-likeness (QED) is 0.287. The van der Waals surface area contributed by atoms with E-state index in [0.717, 1.165) is 50.4 Å². The zero-order chi connectivity index (χ0) is 21.2. The maximum Gasteiger partial charge on any atom is 0.323 e. The van der Waals surface area contributed by atoms with Crippen molar-refractivity contribution < 1.29 is 4.79 Å². The number of hydrogen-bond acceptors (Lipinski definition) is 2. The van der Waals surface area contributed by atoms with E-state index in [-0.39, 0.29) is 6.03 Å². The number of hydrogen-bond donors (Lipinski definition) is 4. The summed E-state index contributed by atoms with van der Waals surface area (Å²) in [5.41, 5.74) is 7.58. The first-order valence-corrected chi connectivity index (χ1v) is 10.0. The van der Waals surface area contributed by atoms with Crippen molar-refractivity contribution in [2.75, 3.05) is 10.6 Å². The van der Waals surface area contributed by atoms with Gasteiger partial charge in [0.25, 0.3) is 0 Å². The largest absolute Gasteiger partial charge is 0.360 e. The van der Waals surface area contributed by atoms with Crippen LogP contribution in [0.15, 0.2) is 85.1 Å². The highest BCUT2D eigenvalue weighted by atomic mass is 16.2. The standard InChI is InChI=1S/C25H21N5O/c1-16-4-2-5-20(14-16)28-25(31)27-19-10-7-17(8-11-19)18-9-12-21-23(15-18)29-30-24(21)22-6-3-13-26-22/h2-15,26H,1H3,(H,29,30)(H2,27,28,31). The van der Waals surface area contributed by atoms with Gasteiger partial charge in [0.05, 0.1) is 11.2 Å². The molecule has 152 valence electrons. The number of aryl methyl sites for hydroxylation is 1. The molecule has 0 saturated carbocycles. The van der Waals surface area contributed by atoms with Gasteiger partial charge in [-0.15, -0.1) is 0 Å². The zero-order valence-corrected chi connectivity index (χ0v) is 16.9. The maximum atomic E-state index is 12.3. The summed E-state index contributed by atoms with van der Waals surface area (Å²) in [6.07, 6.45) is 1.89. The molecule has 0 aliphatic heterocycles. The number of carbonyl (C=O) groups is 1. The van der Waals surface area contributed by atoms with E-state index in [1.807, 2.05) is 73.8 Å². The molecule has 0 aliphatic carbocycles. The van der Waals surface area contributed by atoms with Crippen LogP contribution in [0.3, 0.4) is 0 Å². The minimum Gasteiger partial charge on any atom is -0.360 e. The Kier molecular flexibility index (Phi) is 4.72. The second kappa shape index (κ2) is 7.84. The average molecular weight is 407 g/mol. The van der Waals surface area contributed by atoms with Gasteiger partial charge in [-0.25, -0.2) is 4.79 Å². The van der Waals surface area contributed by atoms with Crippen LogP contribution in [0.4, 0.5) is 16.2 Å². The second-order valence-electron chi connectivity index (χ2n) is 7.44. The molecule has 0 bridgehead atoms. The molecule has 2 aromatic heterocycles. The van der Waals surface area contributed by atoms with Crippen LogP contribution >= 0.6 is 0 Å². The molecule has 0 saturated heterocycles.